The summed E-state index contributed by atoms with van der Waals surface area (Å²) in [6, 6.07) is 8.76. The van der Waals surface area contributed by atoms with Gasteiger partial charge in [0.2, 0.25) is 0 Å². The number of rotatable bonds is 6. The summed E-state index contributed by atoms with van der Waals surface area (Å²) < 4.78 is 11.4. The molecular formula is C15H16BrNO4. The molecule has 2 rings (SSSR count). The molecule has 0 aliphatic rings. The quantitative estimate of drug-likeness (QED) is 0.837. The highest BCUT2D eigenvalue weighted by molar-refractivity contribution is 9.10. The van der Waals surface area contributed by atoms with E-state index in [4.69, 9.17) is 14.3 Å². The average molecular weight is 354 g/mol. The van der Waals surface area contributed by atoms with Crippen molar-refractivity contribution in [1.82, 2.24) is 5.32 Å². The maximum atomic E-state index is 11.9. The maximum absolute atomic E-state index is 11.9. The zero-order valence-electron chi connectivity index (χ0n) is 11.5. The fourth-order valence-corrected chi connectivity index (χ4v) is 2.23. The van der Waals surface area contributed by atoms with Crippen LogP contribution in [0.3, 0.4) is 0 Å². The smallest absolute Gasteiger partial charge is 0.261 e. The molecule has 1 amide bonds. The van der Waals surface area contributed by atoms with E-state index in [2.05, 4.69) is 21.2 Å². The Hall–Kier alpha value is -1.79. The molecule has 2 N–H and O–H groups in total. The van der Waals surface area contributed by atoms with Crippen LogP contribution in [0.1, 0.15) is 18.2 Å². The van der Waals surface area contributed by atoms with Gasteiger partial charge < -0.3 is 19.6 Å². The average Bonchev–Trinajstić information content (AvgIpc) is 3.00. The molecule has 6 heteroatoms. The molecule has 112 valence electrons. The molecule has 0 fully saturated rings. The maximum Gasteiger partial charge on any atom is 0.261 e. The van der Waals surface area contributed by atoms with Crippen molar-refractivity contribution >= 4 is 21.8 Å². The van der Waals surface area contributed by atoms with Crippen LogP contribution in [0.25, 0.3) is 0 Å². The molecule has 21 heavy (non-hydrogen) atoms. The van der Waals surface area contributed by atoms with Gasteiger partial charge in [-0.2, -0.15) is 0 Å². The Morgan fingerprint density at radius 1 is 1.48 bits per heavy atom. The minimum absolute atomic E-state index is 0.0436. The number of hydrogen-bond acceptors (Lipinski definition) is 4. The van der Waals surface area contributed by atoms with Crippen LogP contribution in [-0.2, 0) is 17.9 Å². The SMILES string of the molecule is CC(Oc1ccc(CO)cc1Br)C(=O)NCc1ccco1. The fourth-order valence-electron chi connectivity index (χ4n) is 1.71. The summed E-state index contributed by atoms with van der Waals surface area (Å²) in [5.41, 5.74) is 0.768. The zero-order valence-corrected chi connectivity index (χ0v) is 13.1. The second-order valence-corrected chi connectivity index (χ2v) is 5.33. The van der Waals surface area contributed by atoms with Crippen molar-refractivity contribution < 1.29 is 19.1 Å². The van der Waals surface area contributed by atoms with E-state index in [9.17, 15) is 4.79 Å². The highest BCUT2D eigenvalue weighted by atomic mass is 79.9. The highest BCUT2D eigenvalue weighted by Gasteiger charge is 2.16. The van der Waals surface area contributed by atoms with Crippen LogP contribution in [0, 0.1) is 0 Å². The number of halogens is 1. The van der Waals surface area contributed by atoms with Gasteiger partial charge in [0.1, 0.15) is 11.5 Å². The van der Waals surface area contributed by atoms with E-state index in [1.807, 2.05) is 0 Å². The van der Waals surface area contributed by atoms with E-state index in [1.54, 1.807) is 43.5 Å². The predicted octanol–water partition coefficient (Wildman–Crippen LogP) is 2.62. The zero-order chi connectivity index (χ0) is 15.2. The minimum atomic E-state index is -0.642. The Bertz CT molecular complexity index is 598. The third-order valence-corrected chi connectivity index (χ3v) is 3.49. The number of amides is 1. The summed E-state index contributed by atoms with van der Waals surface area (Å²) in [5, 5.41) is 11.8. The summed E-state index contributed by atoms with van der Waals surface area (Å²) >= 11 is 3.35. The van der Waals surface area contributed by atoms with Crippen molar-refractivity contribution in [3.8, 4) is 5.75 Å². The number of carbonyl (C=O) groups is 1. The molecule has 5 nitrogen and oxygen atoms in total. The number of benzene rings is 1. The normalized spacial score (nSPS) is 12.0. The lowest BCUT2D eigenvalue weighted by Gasteiger charge is -2.15. The van der Waals surface area contributed by atoms with Crippen LogP contribution in [0.2, 0.25) is 0 Å². The first-order valence-electron chi connectivity index (χ1n) is 6.46. The number of carbonyl (C=O) groups excluding carboxylic acids is 1. The lowest BCUT2D eigenvalue weighted by Crippen LogP contribution is -2.35. The third kappa shape index (κ3) is 4.34. The van der Waals surface area contributed by atoms with Crippen molar-refractivity contribution in [3.63, 3.8) is 0 Å². The van der Waals surface area contributed by atoms with Gasteiger partial charge in [-0.3, -0.25) is 4.79 Å². The molecule has 2 aromatic rings. The van der Waals surface area contributed by atoms with Gasteiger partial charge in [-0.25, -0.2) is 0 Å². The first-order chi connectivity index (χ1) is 10.1. The first-order valence-corrected chi connectivity index (χ1v) is 7.25. The van der Waals surface area contributed by atoms with Gasteiger partial charge in [0.05, 0.1) is 23.9 Å². The summed E-state index contributed by atoms with van der Waals surface area (Å²) in [5.74, 6) is 1.00. The number of furan rings is 1. The van der Waals surface area contributed by atoms with Gasteiger partial charge in [-0.15, -0.1) is 0 Å². The monoisotopic (exact) mass is 353 g/mol. The summed E-state index contributed by atoms with van der Waals surface area (Å²) in [6.45, 7) is 1.95. The first kappa shape index (κ1) is 15.6. The Morgan fingerprint density at radius 3 is 2.90 bits per heavy atom. The molecule has 0 saturated heterocycles. The number of ether oxygens (including phenoxy) is 1. The molecule has 1 unspecified atom stereocenters. The third-order valence-electron chi connectivity index (χ3n) is 2.87. The second kappa shape index (κ2) is 7.28. The van der Waals surface area contributed by atoms with Gasteiger partial charge in [-0.1, -0.05) is 6.07 Å². The lowest BCUT2D eigenvalue weighted by atomic mass is 10.2. The molecule has 1 aromatic heterocycles. The number of hydrogen-bond donors (Lipinski definition) is 2. The molecule has 0 radical (unpaired) electrons. The number of aliphatic hydroxyl groups is 1. The van der Waals surface area contributed by atoms with E-state index >= 15 is 0 Å². The lowest BCUT2D eigenvalue weighted by molar-refractivity contribution is -0.127. The summed E-state index contributed by atoms with van der Waals surface area (Å²) in [4.78, 5) is 11.9. The van der Waals surface area contributed by atoms with Crippen molar-refractivity contribution in [3.05, 3.63) is 52.4 Å². The number of nitrogens with one attached hydrogen (secondary N) is 1. The van der Waals surface area contributed by atoms with Crippen LogP contribution in [0.5, 0.6) is 5.75 Å². The molecule has 1 atom stereocenters. The summed E-state index contributed by atoms with van der Waals surface area (Å²) in [7, 11) is 0. The van der Waals surface area contributed by atoms with Crippen LogP contribution < -0.4 is 10.1 Å². The molecular weight excluding hydrogens is 338 g/mol. The van der Waals surface area contributed by atoms with Crippen LogP contribution in [-0.4, -0.2) is 17.1 Å². The Balaban J connectivity index is 1.91. The highest BCUT2D eigenvalue weighted by Crippen LogP contribution is 2.27. The van der Waals surface area contributed by atoms with E-state index in [1.165, 1.54) is 0 Å². The molecule has 0 aliphatic heterocycles. The van der Waals surface area contributed by atoms with Crippen LogP contribution in [0.4, 0.5) is 0 Å². The molecule has 0 aliphatic carbocycles. The van der Waals surface area contributed by atoms with Gasteiger partial charge in [-0.05, 0) is 52.7 Å². The van der Waals surface area contributed by atoms with Gasteiger partial charge in [0, 0.05) is 0 Å². The van der Waals surface area contributed by atoms with Crippen molar-refractivity contribution in [1.29, 1.82) is 0 Å². The number of aliphatic hydroxyl groups excluding tert-OH is 1. The van der Waals surface area contributed by atoms with E-state index in [0.717, 1.165) is 5.56 Å². The van der Waals surface area contributed by atoms with Crippen LogP contribution >= 0.6 is 15.9 Å². The molecule has 0 saturated carbocycles. The van der Waals surface area contributed by atoms with Crippen molar-refractivity contribution in [2.75, 3.05) is 0 Å². The van der Waals surface area contributed by atoms with Gasteiger partial charge in [0.25, 0.3) is 5.91 Å². The van der Waals surface area contributed by atoms with Crippen LogP contribution in [0.15, 0.2) is 45.5 Å². The van der Waals surface area contributed by atoms with Crippen molar-refractivity contribution in [2.45, 2.75) is 26.2 Å². The second-order valence-electron chi connectivity index (χ2n) is 4.48. The predicted molar refractivity (Wildman–Crippen MR) is 80.7 cm³/mol. The molecule has 1 heterocycles. The Kier molecular flexibility index (Phi) is 5.41. The Morgan fingerprint density at radius 2 is 2.29 bits per heavy atom. The molecule has 0 bridgehead atoms. The van der Waals surface area contributed by atoms with Gasteiger partial charge in [0.15, 0.2) is 6.10 Å². The fraction of sp³-hybridized carbons (Fsp3) is 0.267. The van der Waals surface area contributed by atoms with E-state index < -0.39 is 6.10 Å². The molecule has 1 aromatic carbocycles. The minimum Gasteiger partial charge on any atom is -0.480 e. The summed E-state index contributed by atoms with van der Waals surface area (Å²) in [6.07, 6.45) is 0.914. The van der Waals surface area contributed by atoms with Crippen molar-refractivity contribution in [2.24, 2.45) is 0 Å². The largest absolute Gasteiger partial charge is 0.480 e. The van der Waals surface area contributed by atoms with Gasteiger partial charge >= 0.3 is 0 Å². The van der Waals surface area contributed by atoms with E-state index in [0.29, 0.717) is 22.5 Å². The van der Waals surface area contributed by atoms with E-state index in [-0.39, 0.29) is 12.5 Å². The standard InChI is InChI=1S/C15H16BrNO4/c1-10(15(19)17-8-12-3-2-6-20-12)21-14-5-4-11(9-18)7-13(14)16/h2-7,10,18H,8-9H2,1H3,(H,17,19). The Labute approximate surface area is 131 Å². The topological polar surface area (TPSA) is 71.7 Å². The molecule has 0 spiro atoms.